The molecule has 0 bridgehead atoms. The molecule has 0 amide bonds. The highest BCUT2D eigenvalue weighted by molar-refractivity contribution is 9.10. The molecular weight excluding hydrogens is 282 g/mol. The topological polar surface area (TPSA) is 47.0 Å². The number of anilines is 1. The van der Waals surface area contributed by atoms with Crippen molar-refractivity contribution in [3.63, 3.8) is 0 Å². The molecule has 1 aromatic carbocycles. The van der Waals surface area contributed by atoms with Crippen LogP contribution in [0.15, 0.2) is 41.1 Å². The van der Waals surface area contributed by atoms with Gasteiger partial charge in [0.25, 0.3) is 0 Å². The zero-order chi connectivity index (χ0) is 12.1. The Balaban J connectivity index is 1.95. The Morgan fingerprint density at radius 3 is 2.41 bits per heavy atom. The summed E-state index contributed by atoms with van der Waals surface area (Å²) in [7, 11) is 1.59. The van der Waals surface area contributed by atoms with Crippen LogP contribution in [0.1, 0.15) is 5.56 Å². The van der Waals surface area contributed by atoms with Gasteiger partial charge in [0.1, 0.15) is 0 Å². The Morgan fingerprint density at radius 1 is 1.18 bits per heavy atom. The Morgan fingerprint density at radius 2 is 1.82 bits per heavy atom. The van der Waals surface area contributed by atoms with Gasteiger partial charge in [0.05, 0.1) is 19.5 Å². The summed E-state index contributed by atoms with van der Waals surface area (Å²) in [5, 5.41) is 3.14. The first-order chi connectivity index (χ1) is 8.28. The SMILES string of the molecule is COc1cnc(NCc2ccc(Br)cc2)nc1. The summed E-state index contributed by atoms with van der Waals surface area (Å²) in [6.07, 6.45) is 3.27. The summed E-state index contributed by atoms with van der Waals surface area (Å²) >= 11 is 3.40. The lowest BCUT2D eigenvalue weighted by Crippen LogP contribution is -2.03. The molecule has 2 aromatic rings. The van der Waals surface area contributed by atoms with Crippen LogP contribution in [-0.4, -0.2) is 17.1 Å². The first-order valence-corrected chi connectivity index (χ1v) is 5.91. The molecule has 5 heteroatoms. The number of benzene rings is 1. The van der Waals surface area contributed by atoms with Crippen molar-refractivity contribution in [1.82, 2.24) is 9.97 Å². The number of hydrogen-bond acceptors (Lipinski definition) is 4. The van der Waals surface area contributed by atoms with Gasteiger partial charge in [-0.15, -0.1) is 0 Å². The quantitative estimate of drug-likeness (QED) is 0.942. The van der Waals surface area contributed by atoms with Crippen molar-refractivity contribution in [2.75, 3.05) is 12.4 Å². The highest BCUT2D eigenvalue weighted by atomic mass is 79.9. The molecule has 1 N–H and O–H groups in total. The monoisotopic (exact) mass is 293 g/mol. The zero-order valence-electron chi connectivity index (χ0n) is 9.35. The predicted molar refractivity (Wildman–Crippen MR) is 70.1 cm³/mol. The minimum absolute atomic E-state index is 0.591. The minimum atomic E-state index is 0.591. The maximum Gasteiger partial charge on any atom is 0.223 e. The fraction of sp³-hybridized carbons (Fsp3) is 0.167. The van der Waals surface area contributed by atoms with E-state index in [1.807, 2.05) is 24.3 Å². The fourth-order valence-electron chi connectivity index (χ4n) is 1.30. The van der Waals surface area contributed by atoms with Crippen molar-refractivity contribution >= 4 is 21.9 Å². The molecule has 0 aliphatic carbocycles. The van der Waals surface area contributed by atoms with Gasteiger partial charge in [0.2, 0.25) is 5.95 Å². The molecule has 0 radical (unpaired) electrons. The lowest BCUT2D eigenvalue weighted by molar-refractivity contribution is 0.411. The Labute approximate surface area is 108 Å². The Hall–Kier alpha value is -1.62. The number of rotatable bonds is 4. The number of halogens is 1. The molecule has 0 fully saturated rings. The van der Waals surface area contributed by atoms with Gasteiger partial charge >= 0.3 is 0 Å². The number of hydrogen-bond donors (Lipinski definition) is 1. The number of methoxy groups -OCH3 is 1. The van der Waals surface area contributed by atoms with Crippen LogP contribution in [0.25, 0.3) is 0 Å². The van der Waals surface area contributed by atoms with Gasteiger partial charge in [-0.2, -0.15) is 0 Å². The molecule has 2 rings (SSSR count). The van der Waals surface area contributed by atoms with Crippen LogP contribution in [0.4, 0.5) is 5.95 Å². The van der Waals surface area contributed by atoms with Crippen LogP contribution >= 0.6 is 15.9 Å². The lowest BCUT2D eigenvalue weighted by atomic mass is 10.2. The second-order valence-electron chi connectivity index (χ2n) is 3.43. The van der Waals surface area contributed by atoms with Gasteiger partial charge in [-0.25, -0.2) is 9.97 Å². The van der Waals surface area contributed by atoms with Gasteiger partial charge in [-0.3, -0.25) is 0 Å². The van der Waals surface area contributed by atoms with Crippen LogP contribution in [-0.2, 0) is 6.54 Å². The van der Waals surface area contributed by atoms with E-state index in [1.54, 1.807) is 19.5 Å². The van der Waals surface area contributed by atoms with E-state index < -0.39 is 0 Å². The second-order valence-corrected chi connectivity index (χ2v) is 4.34. The second kappa shape index (κ2) is 5.63. The van der Waals surface area contributed by atoms with E-state index in [9.17, 15) is 0 Å². The van der Waals surface area contributed by atoms with Gasteiger partial charge in [0.15, 0.2) is 5.75 Å². The molecule has 88 valence electrons. The lowest BCUT2D eigenvalue weighted by Gasteiger charge is -2.05. The largest absolute Gasteiger partial charge is 0.494 e. The maximum atomic E-state index is 4.99. The molecular formula is C12H12BrN3O. The molecule has 0 spiro atoms. The molecule has 0 saturated carbocycles. The van der Waals surface area contributed by atoms with E-state index in [2.05, 4.69) is 31.2 Å². The first-order valence-electron chi connectivity index (χ1n) is 5.12. The summed E-state index contributed by atoms with van der Waals surface area (Å²) in [5.74, 6) is 1.24. The van der Waals surface area contributed by atoms with Gasteiger partial charge < -0.3 is 10.1 Å². The standard InChI is InChI=1S/C12H12BrN3O/c1-17-11-7-15-12(16-8-11)14-6-9-2-4-10(13)5-3-9/h2-5,7-8H,6H2,1H3,(H,14,15,16). The first kappa shape index (κ1) is 11.9. The third-order valence-electron chi connectivity index (χ3n) is 2.23. The van der Waals surface area contributed by atoms with Crippen molar-refractivity contribution < 1.29 is 4.74 Å². The van der Waals surface area contributed by atoms with Crippen LogP contribution in [0.2, 0.25) is 0 Å². The Bertz CT molecular complexity index is 470. The smallest absolute Gasteiger partial charge is 0.223 e. The summed E-state index contributed by atoms with van der Waals surface area (Å²) in [4.78, 5) is 8.25. The van der Waals surface area contributed by atoms with Crippen molar-refractivity contribution in [2.45, 2.75) is 6.54 Å². The van der Waals surface area contributed by atoms with Crippen molar-refractivity contribution in [1.29, 1.82) is 0 Å². The minimum Gasteiger partial charge on any atom is -0.494 e. The van der Waals surface area contributed by atoms with Crippen molar-refractivity contribution in [3.8, 4) is 5.75 Å². The number of ether oxygens (including phenoxy) is 1. The van der Waals surface area contributed by atoms with Gasteiger partial charge in [0, 0.05) is 11.0 Å². The van der Waals surface area contributed by atoms with Crippen LogP contribution < -0.4 is 10.1 Å². The van der Waals surface area contributed by atoms with E-state index in [4.69, 9.17) is 4.74 Å². The van der Waals surface area contributed by atoms with Gasteiger partial charge in [-0.1, -0.05) is 28.1 Å². The summed E-state index contributed by atoms with van der Waals surface area (Å²) < 4.78 is 6.06. The zero-order valence-corrected chi connectivity index (χ0v) is 10.9. The average Bonchev–Trinajstić information content (AvgIpc) is 2.39. The fourth-order valence-corrected chi connectivity index (χ4v) is 1.56. The molecule has 0 atom stereocenters. The maximum absolute atomic E-state index is 4.99. The molecule has 1 heterocycles. The normalized spacial score (nSPS) is 10.0. The van der Waals surface area contributed by atoms with Crippen LogP contribution in [0, 0.1) is 0 Å². The number of aromatic nitrogens is 2. The summed E-state index contributed by atoms with van der Waals surface area (Å²) in [6, 6.07) is 8.10. The predicted octanol–water partition coefficient (Wildman–Crippen LogP) is 2.86. The number of nitrogens with one attached hydrogen (secondary N) is 1. The van der Waals surface area contributed by atoms with E-state index in [1.165, 1.54) is 5.56 Å². The summed E-state index contributed by atoms with van der Waals surface area (Å²) in [6.45, 7) is 0.694. The van der Waals surface area contributed by atoms with Crippen molar-refractivity contribution in [2.24, 2.45) is 0 Å². The molecule has 0 aliphatic heterocycles. The molecule has 0 saturated heterocycles. The molecule has 0 unspecified atom stereocenters. The van der Waals surface area contributed by atoms with Crippen LogP contribution in [0.3, 0.4) is 0 Å². The molecule has 1 aromatic heterocycles. The third kappa shape index (κ3) is 3.42. The third-order valence-corrected chi connectivity index (χ3v) is 2.76. The van der Waals surface area contributed by atoms with E-state index in [0.717, 1.165) is 4.47 Å². The highest BCUT2D eigenvalue weighted by Gasteiger charge is 1.97. The average molecular weight is 294 g/mol. The van der Waals surface area contributed by atoms with E-state index in [-0.39, 0.29) is 0 Å². The van der Waals surface area contributed by atoms with Crippen LogP contribution in [0.5, 0.6) is 5.75 Å². The molecule has 0 aliphatic rings. The van der Waals surface area contributed by atoms with Gasteiger partial charge in [-0.05, 0) is 17.7 Å². The molecule has 17 heavy (non-hydrogen) atoms. The van der Waals surface area contributed by atoms with Crippen molar-refractivity contribution in [3.05, 3.63) is 46.7 Å². The summed E-state index contributed by atoms with van der Waals surface area (Å²) in [5.41, 5.74) is 1.17. The Kier molecular flexibility index (Phi) is 3.93. The molecule has 4 nitrogen and oxygen atoms in total. The van der Waals surface area contributed by atoms with E-state index >= 15 is 0 Å². The number of nitrogens with zero attached hydrogens (tertiary/aromatic N) is 2. The van der Waals surface area contributed by atoms with E-state index in [0.29, 0.717) is 18.2 Å². The highest BCUT2D eigenvalue weighted by Crippen LogP contribution is 2.12.